The van der Waals surface area contributed by atoms with Crippen molar-refractivity contribution in [2.75, 3.05) is 19.8 Å². The Morgan fingerprint density at radius 1 is 1.29 bits per heavy atom. The van der Waals surface area contributed by atoms with Gasteiger partial charge in [-0.2, -0.15) is 13.2 Å². The molecule has 1 atom stereocenters. The van der Waals surface area contributed by atoms with Crippen molar-refractivity contribution < 1.29 is 17.9 Å². The molecule has 96 valence electrons. The van der Waals surface area contributed by atoms with E-state index in [1.807, 2.05) is 0 Å². The lowest BCUT2D eigenvalue weighted by Gasteiger charge is -2.22. The first-order valence-corrected chi connectivity index (χ1v) is 5.01. The van der Waals surface area contributed by atoms with E-state index in [2.05, 4.69) is 0 Å². The lowest BCUT2D eigenvalue weighted by molar-refractivity contribution is -0.137. The summed E-state index contributed by atoms with van der Waals surface area (Å²) in [5, 5.41) is 0. The second-order valence-electron chi connectivity index (χ2n) is 3.93. The highest BCUT2D eigenvalue weighted by Crippen LogP contribution is 2.35. The van der Waals surface area contributed by atoms with E-state index in [0.29, 0.717) is 0 Å². The molecule has 1 aromatic carbocycles. The molecule has 0 fully saturated rings. The first kappa shape index (κ1) is 13.6. The fourth-order valence-electron chi connectivity index (χ4n) is 1.16. The van der Waals surface area contributed by atoms with Gasteiger partial charge in [0.1, 0.15) is 12.0 Å². The Kier molecular flexibility index (Phi) is 3.87. The van der Waals surface area contributed by atoms with Gasteiger partial charge in [-0.05, 0) is 39.2 Å². The van der Waals surface area contributed by atoms with Crippen LogP contribution in [0.25, 0.3) is 0 Å². The van der Waals surface area contributed by atoms with E-state index in [9.17, 15) is 13.2 Å². The maximum Gasteiger partial charge on any atom is 0.418 e. The molecule has 0 spiro atoms. The minimum atomic E-state index is -4.47. The number of nitrogens with two attached hydrogens (primary N) is 1. The largest absolute Gasteiger partial charge is 0.475 e. The number of hydrogen-bond donors (Lipinski definition) is 1. The molecule has 0 bridgehead atoms. The number of hydrogen-bond acceptors (Lipinski definition) is 3. The van der Waals surface area contributed by atoms with Gasteiger partial charge >= 0.3 is 6.18 Å². The van der Waals surface area contributed by atoms with E-state index < -0.39 is 11.7 Å². The molecule has 0 saturated carbocycles. The minimum absolute atomic E-state index is 0.146. The van der Waals surface area contributed by atoms with Gasteiger partial charge in [0.05, 0.1) is 5.56 Å². The van der Waals surface area contributed by atoms with E-state index in [1.165, 1.54) is 12.1 Å². The summed E-state index contributed by atoms with van der Waals surface area (Å²) in [5.74, 6) is 0.146. The topological polar surface area (TPSA) is 38.5 Å². The molecule has 0 aliphatic heterocycles. The Bertz CT molecular complexity index is 391. The number of ether oxygens (including phenoxy) is 1. The number of nitrogens with zero attached hydrogens (tertiary/aromatic N) is 1. The van der Waals surface area contributed by atoms with Crippen LogP contribution in [0.4, 0.5) is 18.9 Å². The molecular formula is C11H15F3N2O. The normalized spacial score (nSPS) is 13.8. The molecule has 0 saturated heterocycles. The molecule has 3 nitrogen and oxygen atoms in total. The minimum Gasteiger partial charge on any atom is -0.475 e. The van der Waals surface area contributed by atoms with E-state index >= 15 is 0 Å². The van der Waals surface area contributed by atoms with E-state index in [0.717, 1.165) is 6.07 Å². The molecule has 1 rings (SSSR count). The molecule has 0 aromatic heterocycles. The van der Waals surface area contributed by atoms with Crippen molar-refractivity contribution in [1.29, 1.82) is 0 Å². The molecule has 1 aromatic rings. The Labute approximate surface area is 98.0 Å². The van der Waals surface area contributed by atoms with Crippen LogP contribution in [0.5, 0.6) is 5.75 Å². The fourth-order valence-corrected chi connectivity index (χ4v) is 1.16. The van der Waals surface area contributed by atoms with Gasteiger partial charge in [0.2, 0.25) is 0 Å². The van der Waals surface area contributed by atoms with Crippen LogP contribution in [0.3, 0.4) is 0 Å². The third-order valence-corrected chi connectivity index (χ3v) is 2.36. The van der Waals surface area contributed by atoms with Crippen LogP contribution in [0.15, 0.2) is 18.2 Å². The highest BCUT2D eigenvalue weighted by molar-refractivity contribution is 5.51. The molecule has 0 heterocycles. The molecule has 17 heavy (non-hydrogen) atoms. The number of rotatable bonds is 3. The van der Waals surface area contributed by atoms with Crippen LogP contribution in [-0.2, 0) is 6.18 Å². The zero-order valence-electron chi connectivity index (χ0n) is 9.88. The Balaban J connectivity index is 2.97. The summed E-state index contributed by atoms with van der Waals surface area (Å²) >= 11 is 0. The van der Waals surface area contributed by atoms with Gasteiger partial charge in [0, 0.05) is 5.69 Å². The van der Waals surface area contributed by atoms with E-state index in [4.69, 9.17) is 10.5 Å². The van der Waals surface area contributed by atoms with Crippen LogP contribution in [0, 0.1) is 0 Å². The highest BCUT2D eigenvalue weighted by Gasteiger charge is 2.33. The summed E-state index contributed by atoms with van der Waals surface area (Å²) in [6.45, 7) is 1.74. The SMILES string of the molecule is CC(Oc1ccc(N)c(C(F)(F)F)c1)N(C)C. The fraction of sp³-hybridized carbons (Fsp3) is 0.455. The van der Waals surface area contributed by atoms with Gasteiger partial charge in [-0.25, -0.2) is 0 Å². The molecule has 0 aliphatic carbocycles. The molecule has 0 radical (unpaired) electrons. The third kappa shape index (κ3) is 3.52. The number of halogens is 3. The predicted octanol–water partition coefficient (Wildman–Crippen LogP) is 2.57. The van der Waals surface area contributed by atoms with Crippen molar-refractivity contribution in [1.82, 2.24) is 4.90 Å². The summed E-state index contributed by atoms with van der Waals surface area (Å²) in [4.78, 5) is 1.74. The average Bonchev–Trinajstić information content (AvgIpc) is 2.19. The highest BCUT2D eigenvalue weighted by atomic mass is 19.4. The van der Waals surface area contributed by atoms with Crippen molar-refractivity contribution >= 4 is 5.69 Å². The van der Waals surface area contributed by atoms with Crippen molar-refractivity contribution in [2.24, 2.45) is 0 Å². The third-order valence-electron chi connectivity index (χ3n) is 2.36. The van der Waals surface area contributed by atoms with Crippen LogP contribution in [-0.4, -0.2) is 25.2 Å². The lowest BCUT2D eigenvalue weighted by atomic mass is 10.1. The predicted molar refractivity (Wildman–Crippen MR) is 59.6 cm³/mol. The smallest absolute Gasteiger partial charge is 0.418 e. The molecule has 2 N–H and O–H groups in total. The first-order valence-electron chi connectivity index (χ1n) is 5.01. The zero-order chi connectivity index (χ0) is 13.2. The summed E-state index contributed by atoms with van der Waals surface area (Å²) in [6, 6.07) is 3.53. The summed E-state index contributed by atoms with van der Waals surface area (Å²) in [7, 11) is 3.54. The maximum absolute atomic E-state index is 12.6. The van der Waals surface area contributed by atoms with E-state index in [1.54, 1.807) is 25.9 Å². The van der Waals surface area contributed by atoms with Crippen molar-refractivity contribution in [3.05, 3.63) is 23.8 Å². The van der Waals surface area contributed by atoms with Crippen LogP contribution in [0.1, 0.15) is 12.5 Å². The molecule has 6 heteroatoms. The summed E-state index contributed by atoms with van der Waals surface area (Å²) in [6.07, 6.45) is -4.79. The van der Waals surface area contributed by atoms with Gasteiger partial charge in [-0.1, -0.05) is 0 Å². The van der Waals surface area contributed by atoms with Crippen LogP contribution in [0.2, 0.25) is 0 Å². The quantitative estimate of drug-likeness (QED) is 0.660. The Morgan fingerprint density at radius 3 is 2.35 bits per heavy atom. The Hall–Kier alpha value is -1.43. The van der Waals surface area contributed by atoms with E-state index in [-0.39, 0.29) is 17.7 Å². The standard InChI is InChI=1S/C11H15F3N2O/c1-7(16(2)3)17-8-4-5-10(15)9(6-8)11(12,13)14/h4-7H,15H2,1-3H3. The number of alkyl halides is 3. The molecule has 0 amide bonds. The van der Waals surface area contributed by atoms with Crippen molar-refractivity contribution in [3.63, 3.8) is 0 Å². The summed E-state index contributed by atoms with van der Waals surface area (Å²) in [5.41, 5.74) is 4.10. The second kappa shape index (κ2) is 4.83. The van der Waals surface area contributed by atoms with Crippen molar-refractivity contribution in [3.8, 4) is 5.75 Å². The lowest BCUT2D eigenvalue weighted by Crippen LogP contribution is -2.30. The van der Waals surface area contributed by atoms with Gasteiger partial charge in [0.25, 0.3) is 0 Å². The zero-order valence-corrected chi connectivity index (χ0v) is 9.88. The van der Waals surface area contributed by atoms with Gasteiger partial charge in [-0.3, -0.25) is 4.90 Å². The van der Waals surface area contributed by atoms with Gasteiger partial charge in [0.15, 0.2) is 0 Å². The first-order chi connectivity index (χ1) is 7.71. The van der Waals surface area contributed by atoms with Crippen molar-refractivity contribution in [2.45, 2.75) is 19.3 Å². The van der Waals surface area contributed by atoms with Crippen LogP contribution >= 0.6 is 0 Å². The second-order valence-corrected chi connectivity index (χ2v) is 3.93. The number of anilines is 1. The van der Waals surface area contributed by atoms with Gasteiger partial charge < -0.3 is 10.5 Å². The monoisotopic (exact) mass is 248 g/mol. The molecule has 0 aliphatic rings. The number of benzene rings is 1. The maximum atomic E-state index is 12.6. The summed E-state index contributed by atoms with van der Waals surface area (Å²) < 4.78 is 43.1. The van der Waals surface area contributed by atoms with Crippen LogP contribution < -0.4 is 10.5 Å². The molecule has 1 unspecified atom stereocenters. The Morgan fingerprint density at radius 2 is 1.88 bits per heavy atom. The average molecular weight is 248 g/mol. The van der Waals surface area contributed by atoms with Gasteiger partial charge in [-0.15, -0.1) is 0 Å². The number of nitrogen functional groups attached to an aromatic ring is 1. The molecular weight excluding hydrogens is 233 g/mol.